The van der Waals surface area contributed by atoms with Crippen LogP contribution in [0.1, 0.15) is 54.6 Å². The number of esters is 2. The maximum Gasteiger partial charge on any atom is 0.350 e. The highest BCUT2D eigenvalue weighted by Crippen LogP contribution is 2.25. The van der Waals surface area contributed by atoms with E-state index < -0.39 is 0 Å². The molecule has 2 aromatic rings. The van der Waals surface area contributed by atoms with E-state index in [4.69, 9.17) is 9.47 Å². The molecule has 124 valence electrons. The van der Waals surface area contributed by atoms with Crippen molar-refractivity contribution in [3.63, 3.8) is 0 Å². The van der Waals surface area contributed by atoms with Gasteiger partial charge in [0, 0.05) is 0 Å². The van der Waals surface area contributed by atoms with Gasteiger partial charge in [0.2, 0.25) is 0 Å². The van der Waals surface area contributed by atoms with Gasteiger partial charge in [-0.2, -0.15) is 0 Å². The molecule has 0 fully saturated rings. The third-order valence-corrected chi connectivity index (χ3v) is 5.18. The molecule has 0 aliphatic rings. The fourth-order valence-electron chi connectivity index (χ4n) is 1.96. The van der Waals surface area contributed by atoms with Crippen LogP contribution in [0.3, 0.4) is 0 Å². The second kappa shape index (κ2) is 7.65. The maximum absolute atomic E-state index is 11.8. The van der Waals surface area contributed by atoms with Crippen LogP contribution in [0.15, 0.2) is 0 Å². The van der Waals surface area contributed by atoms with Crippen molar-refractivity contribution in [3.05, 3.63) is 31.2 Å². The molecule has 23 heavy (non-hydrogen) atoms. The van der Waals surface area contributed by atoms with E-state index in [0.717, 1.165) is 10.0 Å². The number of hydrogen-bond acceptors (Lipinski definition) is 8. The Kier molecular flexibility index (Phi) is 5.84. The maximum atomic E-state index is 11.8. The van der Waals surface area contributed by atoms with Gasteiger partial charge >= 0.3 is 11.9 Å². The number of hydrogen-bond donors (Lipinski definition) is 0. The van der Waals surface area contributed by atoms with E-state index in [1.807, 2.05) is 0 Å². The summed E-state index contributed by atoms with van der Waals surface area (Å²) >= 11 is 2.60. The van der Waals surface area contributed by atoms with Gasteiger partial charge in [-0.3, -0.25) is 0 Å². The molecule has 0 saturated heterocycles. The molecule has 2 rings (SSSR count). The topological polar surface area (TPSA) is 78.4 Å². The van der Waals surface area contributed by atoms with Gasteiger partial charge in [-0.1, -0.05) is 0 Å². The summed E-state index contributed by atoms with van der Waals surface area (Å²) in [6.07, 6.45) is 0.482. The molecule has 0 aliphatic heterocycles. The third kappa shape index (κ3) is 4.14. The smallest absolute Gasteiger partial charge is 0.350 e. The quantitative estimate of drug-likeness (QED) is 0.742. The van der Waals surface area contributed by atoms with Crippen LogP contribution in [-0.4, -0.2) is 35.1 Å². The fourth-order valence-corrected chi connectivity index (χ4v) is 3.97. The molecule has 0 aromatic carbocycles. The monoisotopic (exact) mass is 354 g/mol. The zero-order valence-electron chi connectivity index (χ0n) is 13.5. The predicted octanol–water partition coefficient (Wildman–Crippen LogP) is 3.16. The Morgan fingerprint density at radius 3 is 1.61 bits per heavy atom. The Bertz CT molecular complexity index is 661. The van der Waals surface area contributed by atoms with Gasteiger partial charge in [-0.25, -0.2) is 19.6 Å². The molecule has 8 heteroatoms. The van der Waals surface area contributed by atoms with Crippen molar-refractivity contribution in [3.8, 4) is 0 Å². The molecule has 0 unspecified atom stereocenters. The molecule has 0 radical (unpaired) electrons. The number of aryl methyl sites for hydroxylation is 2. The molecule has 2 aromatic heterocycles. The van der Waals surface area contributed by atoms with Crippen LogP contribution in [-0.2, 0) is 15.9 Å². The summed E-state index contributed by atoms with van der Waals surface area (Å²) in [5, 5.41) is 1.55. The number of carbonyl (C=O) groups excluding carboxylic acids is 2. The van der Waals surface area contributed by atoms with Crippen LogP contribution in [0.4, 0.5) is 0 Å². The van der Waals surface area contributed by atoms with Gasteiger partial charge in [-0.05, 0) is 27.7 Å². The van der Waals surface area contributed by atoms with E-state index in [1.54, 1.807) is 27.7 Å². The van der Waals surface area contributed by atoms with Crippen molar-refractivity contribution in [1.82, 2.24) is 9.97 Å². The van der Waals surface area contributed by atoms with Gasteiger partial charge in [0.15, 0.2) is 0 Å². The minimum absolute atomic E-state index is 0.333. The van der Waals surface area contributed by atoms with Gasteiger partial charge in [-0.15, -0.1) is 22.7 Å². The Hall–Kier alpha value is -1.80. The molecule has 0 saturated carbocycles. The molecule has 0 amide bonds. The summed E-state index contributed by atoms with van der Waals surface area (Å²) in [4.78, 5) is 33.5. The molecule has 2 heterocycles. The van der Waals surface area contributed by atoms with Crippen molar-refractivity contribution < 1.29 is 19.1 Å². The van der Waals surface area contributed by atoms with Gasteiger partial charge in [0.25, 0.3) is 0 Å². The molecule has 0 N–H and O–H groups in total. The van der Waals surface area contributed by atoms with Crippen molar-refractivity contribution in [2.75, 3.05) is 13.2 Å². The lowest BCUT2D eigenvalue weighted by atomic mass is 10.4. The first kappa shape index (κ1) is 17.6. The highest BCUT2D eigenvalue weighted by atomic mass is 32.1. The van der Waals surface area contributed by atoms with Gasteiger partial charge in [0.1, 0.15) is 19.8 Å². The highest BCUT2D eigenvalue weighted by molar-refractivity contribution is 7.15. The van der Waals surface area contributed by atoms with E-state index in [9.17, 15) is 9.59 Å². The lowest BCUT2D eigenvalue weighted by Gasteiger charge is -1.97. The molecule has 0 bridgehead atoms. The summed E-state index contributed by atoms with van der Waals surface area (Å²) in [7, 11) is 0. The Morgan fingerprint density at radius 2 is 1.26 bits per heavy atom. The minimum atomic E-state index is -0.351. The summed E-state index contributed by atoms with van der Waals surface area (Å²) in [5.74, 6) is -0.701. The average molecular weight is 354 g/mol. The largest absolute Gasteiger partial charge is 0.462 e. The normalized spacial score (nSPS) is 10.6. The molecular weight excluding hydrogens is 336 g/mol. The second-order valence-corrected chi connectivity index (χ2v) is 6.83. The number of thiazole rings is 2. The zero-order valence-corrected chi connectivity index (χ0v) is 15.1. The van der Waals surface area contributed by atoms with Crippen LogP contribution in [0.2, 0.25) is 0 Å². The van der Waals surface area contributed by atoms with E-state index in [0.29, 0.717) is 40.8 Å². The molecule has 0 atom stereocenters. The van der Waals surface area contributed by atoms with Crippen molar-refractivity contribution in [2.45, 2.75) is 34.1 Å². The van der Waals surface area contributed by atoms with Gasteiger partial charge < -0.3 is 9.47 Å². The Labute approximate surface area is 142 Å². The van der Waals surface area contributed by atoms with Crippen LogP contribution in [0, 0.1) is 13.8 Å². The molecular formula is C15H18N2O4S2. The highest BCUT2D eigenvalue weighted by Gasteiger charge is 2.20. The Balaban J connectivity index is 2.17. The van der Waals surface area contributed by atoms with Crippen LogP contribution in [0.5, 0.6) is 0 Å². The van der Waals surface area contributed by atoms with Crippen molar-refractivity contribution in [1.29, 1.82) is 0 Å². The lowest BCUT2D eigenvalue weighted by molar-refractivity contribution is 0.0521. The summed E-state index contributed by atoms with van der Waals surface area (Å²) in [6, 6.07) is 0. The Morgan fingerprint density at radius 1 is 0.870 bits per heavy atom. The number of aromatic nitrogens is 2. The van der Waals surface area contributed by atoms with Crippen LogP contribution < -0.4 is 0 Å². The number of carbonyl (C=O) groups is 2. The average Bonchev–Trinajstić information content (AvgIpc) is 3.02. The van der Waals surface area contributed by atoms with E-state index >= 15 is 0 Å². The zero-order chi connectivity index (χ0) is 17.0. The van der Waals surface area contributed by atoms with Crippen LogP contribution >= 0.6 is 22.7 Å². The predicted molar refractivity (Wildman–Crippen MR) is 88.4 cm³/mol. The molecule has 0 spiro atoms. The summed E-state index contributed by atoms with van der Waals surface area (Å²) < 4.78 is 10.0. The lowest BCUT2D eigenvalue weighted by Crippen LogP contribution is -2.03. The summed E-state index contributed by atoms with van der Waals surface area (Å²) in [5.41, 5.74) is 1.31. The van der Waals surface area contributed by atoms with E-state index in [1.165, 1.54) is 22.7 Å². The van der Waals surface area contributed by atoms with Crippen molar-refractivity contribution >= 4 is 34.6 Å². The fraction of sp³-hybridized carbons (Fsp3) is 0.467. The molecule has 0 aliphatic carbocycles. The first-order chi connectivity index (χ1) is 11.0. The number of nitrogens with zero attached hydrogens (tertiary/aromatic N) is 2. The minimum Gasteiger partial charge on any atom is -0.462 e. The number of ether oxygens (including phenoxy) is 2. The first-order valence-electron chi connectivity index (χ1n) is 7.23. The SMILES string of the molecule is CCOC(=O)c1sc(Cc2nc(C)c(C(=O)OCC)s2)nc1C. The van der Waals surface area contributed by atoms with E-state index in [-0.39, 0.29) is 11.9 Å². The van der Waals surface area contributed by atoms with Crippen LogP contribution in [0.25, 0.3) is 0 Å². The standard InChI is InChI=1S/C15H18N2O4S2/c1-5-20-14(18)12-8(3)16-10(22-12)7-11-17-9(4)13(23-11)15(19)21-6-2/h5-7H2,1-4H3. The number of rotatable bonds is 6. The van der Waals surface area contributed by atoms with Gasteiger partial charge in [0.05, 0.1) is 31.0 Å². The third-order valence-electron chi connectivity index (χ3n) is 2.91. The molecule has 6 nitrogen and oxygen atoms in total. The second-order valence-electron chi connectivity index (χ2n) is 4.66. The first-order valence-corrected chi connectivity index (χ1v) is 8.86. The van der Waals surface area contributed by atoms with Crippen molar-refractivity contribution in [2.24, 2.45) is 0 Å². The van der Waals surface area contributed by atoms with E-state index in [2.05, 4.69) is 9.97 Å². The summed E-state index contributed by atoms with van der Waals surface area (Å²) in [6.45, 7) is 7.77.